The number of amides is 1. The highest BCUT2D eigenvalue weighted by molar-refractivity contribution is 7.99. The van der Waals surface area contributed by atoms with Crippen LogP contribution in [0.15, 0.2) is 47.5 Å². The molecular formula is C22H24FN3OS. The molecule has 0 radical (unpaired) electrons. The van der Waals surface area contributed by atoms with Gasteiger partial charge in [0.15, 0.2) is 0 Å². The third-order valence-corrected chi connectivity index (χ3v) is 5.42. The molecule has 6 heteroatoms. The highest BCUT2D eigenvalue weighted by atomic mass is 32.2. The molecule has 0 atom stereocenters. The Bertz CT molecular complexity index is 1020. The fourth-order valence-electron chi connectivity index (χ4n) is 3.09. The van der Waals surface area contributed by atoms with Crippen molar-refractivity contribution in [1.82, 2.24) is 10.3 Å². The summed E-state index contributed by atoms with van der Waals surface area (Å²) in [5.41, 5.74) is 4.16. The number of hydrogen-bond acceptors (Lipinski definition) is 4. The molecule has 0 saturated carbocycles. The van der Waals surface area contributed by atoms with Crippen molar-refractivity contribution in [3.05, 3.63) is 65.0 Å². The molecule has 0 spiro atoms. The molecular weight excluding hydrogens is 373 g/mol. The van der Waals surface area contributed by atoms with Gasteiger partial charge in [-0.25, -0.2) is 9.37 Å². The van der Waals surface area contributed by atoms with Crippen LogP contribution >= 0.6 is 11.8 Å². The number of anilines is 1. The van der Waals surface area contributed by atoms with Crippen molar-refractivity contribution in [3.63, 3.8) is 0 Å². The van der Waals surface area contributed by atoms with Crippen LogP contribution in [0.3, 0.4) is 0 Å². The van der Waals surface area contributed by atoms with E-state index in [1.165, 1.54) is 12.1 Å². The van der Waals surface area contributed by atoms with Crippen molar-refractivity contribution in [2.24, 2.45) is 0 Å². The van der Waals surface area contributed by atoms with Crippen LogP contribution in [0, 0.1) is 12.7 Å². The van der Waals surface area contributed by atoms with Crippen molar-refractivity contribution in [1.29, 1.82) is 0 Å². The van der Waals surface area contributed by atoms with E-state index < -0.39 is 0 Å². The molecule has 4 nitrogen and oxygen atoms in total. The van der Waals surface area contributed by atoms with Crippen LogP contribution in [0.2, 0.25) is 0 Å². The second kappa shape index (κ2) is 8.61. The van der Waals surface area contributed by atoms with E-state index in [-0.39, 0.29) is 18.3 Å². The summed E-state index contributed by atoms with van der Waals surface area (Å²) in [4.78, 5) is 19.8. The topological polar surface area (TPSA) is 45.2 Å². The predicted octanol–water partition coefficient (Wildman–Crippen LogP) is 4.79. The van der Waals surface area contributed by atoms with Gasteiger partial charge in [0.2, 0.25) is 0 Å². The van der Waals surface area contributed by atoms with Crippen molar-refractivity contribution in [2.75, 3.05) is 24.7 Å². The lowest BCUT2D eigenvalue weighted by Gasteiger charge is -2.17. The molecule has 1 aromatic heterocycles. The number of carbonyl (C=O) groups excluding carboxylic acids is 1. The number of hydrogen-bond donors (Lipinski definition) is 1. The Morgan fingerprint density at radius 1 is 1.21 bits per heavy atom. The summed E-state index contributed by atoms with van der Waals surface area (Å²) >= 11 is 1.55. The Morgan fingerprint density at radius 2 is 2.00 bits per heavy atom. The van der Waals surface area contributed by atoms with Crippen molar-refractivity contribution >= 4 is 34.3 Å². The molecule has 0 aliphatic rings. The monoisotopic (exact) mass is 397 g/mol. The molecule has 3 aromatic rings. The maximum Gasteiger partial charge on any atom is 0.254 e. The molecule has 0 aliphatic heterocycles. The predicted molar refractivity (Wildman–Crippen MR) is 115 cm³/mol. The first-order valence-electron chi connectivity index (χ1n) is 9.17. The zero-order valence-corrected chi connectivity index (χ0v) is 17.4. The maximum absolute atomic E-state index is 13.4. The Morgan fingerprint density at radius 3 is 2.68 bits per heavy atom. The minimum Gasteiger partial charge on any atom is -0.378 e. The van der Waals surface area contributed by atoms with Crippen LogP contribution in [-0.4, -0.2) is 30.7 Å². The van der Waals surface area contributed by atoms with E-state index in [1.54, 1.807) is 23.9 Å². The minimum atomic E-state index is -0.311. The Balaban J connectivity index is 1.98. The summed E-state index contributed by atoms with van der Waals surface area (Å²) in [5, 5.41) is 4.59. The number of aryl methyl sites for hydroxylation is 1. The van der Waals surface area contributed by atoms with Gasteiger partial charge in [0.1, 0.15) is 10.8 Å². The van der Waals surface area contributed by atoms with Gasteiger partial charge in [-0.05, 0) is 48.1 Å². The highest BCUT2D eigenvalue weighted by Gasteiger charge is 2.19. The van der Waals surface area contributed by atoms with Crippen LogP contribution < -0.4 is 10.2 Å². The number of nitrogens with one attached hydrogen (secondary N) is 1. The summed E-state index contributed by atoms with van der Waals surface area (Å²) in [6, 6.07) is 12.3. The maximum atomic E-state index is 13.4. The molecule has 0 bridgehead atoms. The Kier molecular flexibility index (Phi) is 6.19. The van der Waals surface area contributed by atoms with Crippen LogP contribution in [-0.2, 0) is 6.54 Å². The van der Waals surface area contributed by atoms with Crippen LogP contribution in [0.5, 0.6) is 0 Å². The molecule has 0 aliphatic carbocycles. The van der Waals surface area contributed by atoms with Gasteiger partial charge in [-0.15, -0.1) is 11.8 Å². The zero-order chi connectivity index (χ0) is 20.3. The van der Waals surface area contributed by atoms with E-state index in [4.69, 9.17) is 4.98 Å². The quantitative estimate of drug-likeness (QED) is 0.608. The number of fused-ring (bicyclic) bond motifs is 1. The van der Waals surface area contributed by atoms with Crippen LogP contribution in [0.4, 0.5) is 10.1 Å². The third-order valence-electron chi connectivity index (χ3n) is 4.56. The largest absolute Gasteiger partial charge is 0.378 e. The number of rotatable bonds is 6. The molecule has 1 N–H and O–H groups in total. The normalized spacial score (nSPS) is 10.9. The number of halogens is 1. The minimum absolute atomic E-state index is 0.191. The summed E-state index contributed by atoms with van der Waals surface area (Å²) in [5.74, 6) is 0.313. The lowest BCUT2D eigenvalue weighted by atomic mass is 10.0. The summed E-state index contributed by atoms with van der Waals surface area (Å²) in [6.07, 6.45) is 0. The average Bonchev–Trinajstić information content (AvgIpc) is 2.66. The summed E-state index contributed by atoms with van der Waals surface area (Å²) in [7, 11) is 3.98. The van der Waals surface area contributed by atoms with Crippen molar-refractivity contribution in [2.45, 2.75) is 25.4 Å². The molecule has 1 amide bonds. The fraction of sp³-hybridized carbons (Fsp3) is 0.273. The summed E-state index contributed by atoms with van der Waals surface area (Å²) in [6.45, 7) is 4.26. The zero-order valence-electron chi connectivity index (χ0n) is 16.5. The molecule has 0 saturated heterocycles. The van der Waals surface area contributed by atoms with Crippen LogP contribution in [0.1, 0.15) is 28.4 Å². The standard InChI is InChI=1S/C22H24FN3OS/c1-5-28-22-20(21(27)24-13-15-7-6-8-16(23)11-15)14(2)18-10-9-17(26(3)4)12-19(18)25-22/h6-12H,5,13H2,1-4H3,(H,24,27). The number of pyridine rings is 1. The molecule has 2 aromatic carbocycles. The molecule has 1 heterocycles. The first-order valence-corrected chi connectivity index (χ1v) is 10.2. The van der Waals surface area contributed by atoms with Gasteiger partial charge in [0.05, 0.1) is 11.1 Å². The first-order chi connectivity index (χ1) is 13.4. The second-order valence-corrected chi connectivity index (χ2v) is 8.01. The van der Waals surface area contributed by atoms with E-state index >= 15 is 0 Å². The second-order valence-electron chi connectivity index (χ2n) is 6.76. The molecule has 146 valence electrons. The van der Waals surface area contributed by atoms with Crippen LogP contribution in [0.25, 0.3) is 10.9 Å². The number of carbonyl (C=O) groups is 1. The van der Waals surface area contributed by atoms with E-state index in [1.807, 2.05) is 51.0 Å². The Hall–Kier alpha value is -2.60. The first kappa shape index (κ1) is 20.1. The van der Waals surface area contributed by atoms with Gasteiger partial charge in [0, 0.05) is 31.7 Å². The van der Waals surface area contributed by atoms with Gasteiger partial charge >= 0.3 is 0 Å². The van der Waals surface area contributed by atoms with E-state index in [0.29, 0.717) is 5.56 Å². The smallest absolute Gasteiger partial charge is 0.254 e. The lowest BCUT2D eigenvalue weighted by molar-refractivity contribution is 0.0947. The average molecular weight is 398 g/mol. The molecule has 0 fully saturated rings. The molecule has 0 unspecified atom stereocenters. The van der Waals surface area contributed by atoms with E-state index in [0.717, 1.165) is 38.5 Å². The van der Waals surface area contributed by atoms with E-state index in [2.05, 4.69) is 5.32 Å². The van der Waals surface area contributed by atoms with Gasteiger partial charge in [-0.3, -0.25) is 4.79 Å². The third kappa shape index (κ3) is 4.28. The fourth-order valence-corrected chi connectivity index (χ4v) is 3.92. The Labute approximate surface area is 169 Å². The number of benzene rings is 2. The number of nitrogens with zero attached hydrogens (tertiary/aromatic N) is 2. The van der Waals surface area contributed by atoms with Gasteiger partial charge in [0.25, 0.3) is 5.91 Å². The SMILES string of the molecule is CCSc1nc2cc(N(C)C)ccc2c(C)c1C(=O)NCc1cccc(F)c1. The summed E-state index contributed by atoms with van der Waals surface area (Å²) < 4.78 is 13.4. The van der Waals surface area contributed by atoms with Gasteiger partial charge < -0.3 is 10.2 Å². The van der Waals surface area contributed by atoms with Crippen molar-refractivity contribution < 1.29 is 9.18 Å². The molecule has 28 heavy (non-hydrogen) atoms. The van der Waals surface area contributed by atoms with Gasteiger partial charge in [-0.1, -0.05) is 25.1 Å². The van der Waals surface area contributed by atoms with Crippen molar-refractivity contribution in [3.8, 4) is 0 Å². The highest BCUT2D eigenvalue weighted by Crippen LogP contribution is 2.31. The van der Waals surface area contributed by atoms with E-state index in [9.17, 15) is 9.18 Å². The van der Waals surface area contributed by atoms with Gasteiger partial charge in [-0.2, -0.15) is 0 Å². The number of aromatic nitrogens is 1. The lowest BCUT2D eigenvalue weighted by Crippen LogP contribution is -2.25. The number of thioether (sulfide) groups is 1. The molecule has 3 rings (SSSR count).